The number of allylic oxidation sites excluding steroid dienone is 1. The van der Waals surface area contributed by atoms with E-state index < -0.39 is 19.8 Å². The summed E-state index contributed by atoms with van der Waals surface area (Å²) in [6.45, 7) is 0. The van der Waals surface area contributed by atoms with Gasteiger partial charge in [-0.3, -0.25) is 0 Å². The summed E-state index contributed by atoms with van der Waals surface area (Å²) in [6, 6.07) is 0. The maximum atomic E-state index is 10.1. The van der Waals surface area contributed by atoms with Crippen LogP contribution in [0.1, 0.15) is 0 Å². The van der Waals surface area contributed by atoms with Gasteiger partial charge in [0.15, 0.2) is 0 Å². The van der Waals surface area contributed by atoms with E-state index in [4.69, 9.17) is 0 Å². The molecule has 0 saturated heterocycles. The monoisotopic (exact) mass is 345 g/mol. The van der Waals surface area contributed by atoms with Gasteiger partial charge in [-0.05, 0) is 0 Å². The zero-order valence-corrected chi connectivity index (χ0v) is 9.25. The molecule has 1 aliphatic rings. The van der Waals surface area contributed by atoms with E-state index in [2.05, 4.69) is 4.08 Å². The van der Waals surface area contributed by atoms with E-state index in [9.17, 15) is 9.90 Å². The summed E-state index contributed by atoms with van der Waals surface area (Å²) < 4.78 is 2.20. The van der Waals surface area contributed by atoms with Crippen molar-refractivity contribution in [3.8, 4) is 0 Å². The molecule has 0 spiro atoms. The van der Waals surface area contributed by atoms with E-state index in [1.54, 1.807) is 0 Å². The minimum Gasteiger partial charge on any atom is 1.00 e. The van der Waals surface area contributed by atoms with Crippen LogP contribution in [0.3, 0.4) is 0 Å². The molecule has 5 heteroatoms. The largest absolute Gasteiger partial charge is 1.00 e. The van der Waals surface area contributed by atoms with Crippen molar-refractivity contribution < 1.29 is 46.0 Å². The maximum Gasteiger partial charge on any atom is 1.00 e. The van der Waals surface area contributed by atoms with Crippen molar-refractivity contribution in [2.75, 3.05) is 4.43 Å². The smallest absolute Gasteiger partial charge is 1.00 e. The Morgan fingerprint density at radius 1 is 1.78 bits per heavy atom. The van der Waals surface area contributed by atoms with Crippen LogP contribution in [-0.2, 0) is 0 Å². The van der Waals surface area contributed by atoms with Gasteiger partial charge in [0.1, 0.15) is 0 Å². The summed E-state index contributed by atoms with van der Waals surface area (Å²) in [5.41, 5.74) is 0. The Balaban J connectivity index is 0.000000640. The molecule has 0 radical (unpaired) electrons. The number of hydrogen-bond acceptors (Lipinski definition) is 2. The van der Waals surface area contributed by atoms with Crippen LogP contribution in [0.2, 0.25) is 0 Å². The third-order valence-electron chi connectivity index (χ3n) is 0.628. The minimum absolute atomic E-state index is 0. The first kappa shape index (κ1) is 10.3. The SMILES string of the molecule is O=C([O-])I1CC=C[I-]1.[Li+]. The van der Waals surface area contributed by atoms with Crippen molar-refractivity contribution in [2.24, 2.45) is 0 Å². The molecule has 1 aliphatic heterocycles. The van der Waals surface area contributed by atoms with E-state index in [0.717, 1.165) is 4.43 Å². The van der Waals surface area contributed by atoms with E-state index in [1.807, 2.05) is 6.08 Å². The van der Waals surface area contributed by atoms with Crippen molar-refractivity contribution in [1.29, 1.82) is 0 Å². The summed E-state index contributed by atoms with van der Waals surface area (Å²) in [4.78, 5) is 10.1. The van der Waals surface area contributed by atoms with Crippen LogP contribution in [0.25, 0.3) is 0 Å². The Labute approximate surface area is 79.3 Å². The molecule has 0 aliphatic carbocycles. The van der Waals surface area contributed by atoms with Crippen LogP contribution >= 0.6 is 15.8 Å². The number of alkyl halides is 1. The third kappa shape index (κ3) is 3.25. The van der Waals surface area contributed by atoms with E-state index in [-0.39, 0.29) is 36.1 Å². The molecule has 0 aromatic heterocycles. The van der Waals surface area contributed by atoms with E-state index >= 15 is 0 Å². The van der Waals surface area contributed by atoms with Gasteiger partial charge in [0.2, 0.25) is 0 Å². The molecule has 0 atom stereocenters. The molecule has 0 amide bonds. The van der Waals surface area contributed by atoms with Gasteiger partial charge in [0.25, 0.3) is 0 Å². The number of carbonyl (C=O) groups is 1. The van der Waals surface area contributed by atoms with Crippen molar-refractivity contribution in [3.05, 3.63) is 10.2 Å². The van der Waals surface area contributed by atoms with Gasteiger partial charge in [0.05, 0.1) is 0 Å². The minimum atomic E-state index is -1.51. The first-order chi connectivity index (χ1) is 3.80. The molecule has 0 saturated carbocycles. The molecular weight excluding hydrogens is 341 g/mol. The van der Waals surface area contributed by atoms with Crippen molar-refractivity contribution >= 4 is 19.8 Å². The first-order valence-corrected chi connectivity index (χ1v) is 12.1. The quantitative estimate of drug-likeness (QED) is 0.206. The maximum absolute atomic E-state index is 10.1. The Morgan fingerprint density at radius 2 is 2.44 bits per heavy atom. The third-order valence-corrected chi connectivity index (χ3v) is 14.3. The fourth-order valence-corrected chi connectivity index (χ4v) is 10.9. The zero-order chi connectivity index (χ0) is 5.98. The average Bonchev–Trinajstić information content (AvgIpc) is 2.12. The summed E-state index contributed by atoms with van der Waals surface area (Å²) in [5.74, 6) is 0. The second-order valence-corrected chi connectivity index (χ2v) is 15.6. The Morgan fingerprint density at radius 3 is 2.67 bits per heavy atom. The molecule has 1 heterocycles. The van der Waals surface area contributed by atoms with Crippen LogP contribution in [0.5, 0.6) is 0 Å². The second kappa shape index (κ2) is 4.99. The predicted molar refractivity (Wildman–Crippen MR) is 33.4 cm³/mol. The fourth-order valence-electron chi connectivity index (χ4n) is 0.333. The van der Waals surface area contributed by atoms with Gasteiger partial charge in [-0.15, -0.1) is 0 Å². The fraction of sp³-hybridized carbons (Fsp3) is 0.250. The van der Waals surface area contributed by atoms with Gasteiger partial charge in [-0.1, -0.05) is 0 Å². The molecule has 0 N–H and O–H groups in total. The van der Waals surface area contributed by atoms with E-state index in [1.165, 1.54) is 0 Å². The zero-order valence-electron chi connectivity index (χ0n) is 4.93. The van der Waals surface area contributed by atoms with Crippen molar-refractivity contribution in [3.63, 3.8) is 0 Å². The van der Waals surface area contributed by atoms with E-state index in [0.29, 0.717) is 0 Å². The Kier molecular flexibility index (Phi) is 5.69. The van der Waals surface area contributed by atoms with Crippen LogP contribution in [0, 0.1) is 0 Å². The molecule has 0 aromatic rings. The molecule has 0 aromatic carbocycles. The first-order valence-electron chi connectivity index (χ1n) is 1.97. The number of carbonyl (C=O) groups excluding carboxylic acids is 1. The van der Waals surface area contributed by atoms with Crippen molar-refractivity contribution in [1.82, 2.24) is 0 Å². The van der Waals surface area contributed by atoms with Crippen LogP contribution in [0.4, 0.5) is 4.79 Å². The molecule has 0 bridgehead atoms. The number of carboxylic acid groups (broad SMARTS) is 1. The van der Waals surface area contributed by atoms with Crippen molar-refractivity contribution in [2.45, 2.75) is 0 Å². The summed E-state index contributed by atoms with van der Waals surface area (Å²) in [7, 11) is 0. The summed E-state index contributed by atoms with van der Waals surface area (Å²) in [5, 5.41) is 10.1. The predicted octanol–water partition coefficient (Wildman–Crippen LogP) is -5.63. The van der Waals surface area contributed by atoms with Gasteiger partial charge in [-0.2, -0.15) is 0 Å². The van der Waals surface area contributed by atoms with Crippen LogP contribution < -0.4 is 41.2 Å². The molecular formula is C4H4I2LiO2-. The van der Waals surface area contributed by atoms with Crippen LogP contribution in [-0.4, -0.2) is 8.40 Å². The summed E-state index contributed by atoms with van der Waals surface area (Å²) in [6.07, 6.45) is 1.99. The topological polar surface area (TPSA) is 40.1 Å². The summed E-state index contributed by atoms with van der Waals surface area (Å²) >= 11 is -1.56. The number of halogens is 2. The average molecular weight is 345 g/mol. The molecule has 0 unspecified atom stereocenters. The Bertz CT molecular complexity index is 129. The van der Waals surface area contributed by atoms with Gasteiger partial charge in [-0.25, -0.2) is 0 Å². The number of rotatable bonds is 1. The molecule has 1 rings (SSSR count). The van der Waals surface area contributed by atoms with Crippen LogP contribution in [0.15, 0.2) is 10.2 Å². The molecule has 0 fully saturated rings. The van der Waals surface area contributed by atoms with Gasteiger partial charge < -0.3 is 0 Å². The molecule has 48 valence electrons. The molecule has 9 heavy (non-hydrogen) atoms. The molecule has 2 nitrogen and oxygen atoms in total. The standard InChI is InChI=1S/C4H5I2O2.Li/c7-4(8)6-3-1-2-5-6;/h1-2H,3H2,(H,7,8);/q-1;+1/p-1. The van der Waals surface area contributed by atoms with Gasteiger partial charge in [0, 0.05) is 0 Å². The second-order valence-electron chi connectivity index (χ2n) is 1.14. The van der Waals surface area contributed by atoms with Gasteiger partial charge >= 0.3 is 80.4 Å². The normalized spacial score (nSPS) is 20.2. The number of hydrogen-bond donors (Lipinski definition) is 0. The Hall–Kier alpha value is 1.27.